The number of likely N-dealkylation sites (N-methyl/N-ethyl adjacent to an activating group) is 1. The number of aliphatic hydroxyl groups is 1. The highest BCUT2D eigenvalue weighted by molar-refractivity contribution is 7.19. The lowest BCUT2D eigenvalue weighted by Gasteiger charge is -2.21. The van der Waals surface area contributed by atoms with Gasteiger partial charge in [0.15, 0.2) is 5.96 Å². The third-order valence-electron chi connectivity index (χ3n) is 4.50. The van der Waals surface area contributed by atoms with Crippen LogP contribution in [0.4, 0.5) is 0 Å². The first-order chi connectivity index (χ1) is 13.6. The molecule has 150 valence electrons. The van der Waals surface area contributed by atoms with Crippen LogP contribution in [0.2, 0.25) is 0 Å². The molecule has 2 atom stereocenters. The zero-order valence-electron chi connectivity index (χ0n) is 16.6. The van der Waals surface area contributed by atoms with Crippen molar-refractivity contribution in [2.75, 3.05) is 33.7 Å². The van der Waals surface area contributed by atoms with E-state index in [2.05, 4.69) is 38.7 Å². The Morgan fingerprint density at radius 2 is 2.04 bits per heavy atom. The third-order valence-corrected chi connectivity index (χ3v) is 5.71. The van der Waals surface area contributed by atoms with Crippen LogP contribution in [0.25, 0.3) is 10.1 Å². The van der Waals surface area contributed by atoms with Crippen LogP contribution in [-0.2, 0) is 0 Å². The van der Waals surface area contributed by atoms with Gasteiger partial charge in [-0.2, -0.15) is 0 Å². The van der Waals surface area contributed by atoms with Crippen molar-refractivity contribution in [2.45, 2.75) is 19.1 Å². The smallest absolute Gasteiger partial charge is 0.191 e. The molecule has 3 N–H and O–H groups in total. The van der Waals surface area contributed by atoms with Crippen molar-refractivity contribution in [1.82, 2.24) is 15.5 Å². The van der Waals surface area contributed by atoms with E-state index in [1.807, 2.05) is 45.3 Å². The lowest BCUT2D eigenvalue weighted by molar-refractivity contribution is 0.184. The van der Waals surface area contributed by atoms with Gasteiger partial charge in [0.25, 0.3) is 0 Å². The number of fused-ring (bicyclic) bond motifs is 1. The molecule has 0 aliphatic rings. The van der Waals surface area contributed by atoms with Crippen molar-refractivity contribution in [1.29, 1.82) is 0 Å². The maximum atomic E-state index is 10.6. The highest BCUT2D eigenvalue weighted by atomic mass is 32.1. The molecule has 0 amide bonds. The number of furan rings is 1. The number of hydrogen-bond donors (Lipinski definition) is 3. The van der Waals surface area contributed by atoms with Crippen molar-refractivity contribution < 1.29 is 9.52 Å². The van der Waals surface area contributed by atoms with E-state index in [1.165, 1.54) is 4.70 Å². The van der Waals surface area contributed by atoms with Crippen LogP contribution in [0.1, 0.15) is 29.7 Å². The normalized spacial score (nSPS) is 14.4. The summed E-state index contributed by atoms with van der Waals surface area (Å²) in [5.74, 6) is 1.57. The van der Waals surface area contributed by atoms with Gasteiger partial charge in [-0.25, -0.2) is 0 Å². The first kappa shape index (κ1) is 20.4. The molecule has 0 saturated heterocycles. The minimum Gasteiger partial charge on any atom is -0.468 e. The van der Waals surface area contributed by atoms with Crippen molar-refractivity contribution >= 4 is 27.4 Å². The number of thiophene rings is 1. The highest BCUT2D eigenvalue weighted by Crippen LogP contribution is 2.29. The Kier molecular flexibility index (Phi) is 7.08. The molecule has 0 bridgehead atoms. The Morgan fingerprint density at radius 3 is 2.71 bits per heavy atom. The van der Waals surface area contributed by atoms with Gasteiger partial charge in [-0.05, 0) is 50.7 Å². The minimum atomic E-state index is -0.587. The third kappa shape index (κ3) is 5.13. The molecular formula is C21H28N4O2S. The van der Waals surface area contributed by atoms with Gasteiger partial charge in [0.2, 0.25) is 0 Å². The zero-order valence-corrected chi connectivity index (χ0v) is 17.4. The van der Waals surface area contributed by atoms with Crippen LogP contribution in [0.5, 0.6) is 0 Å². The molecule has 7 heteroatoms. The summed E-state index contributed by atoms with van der Waals surface area (Å²) in [5, 5.41) is 18.2. The monoisotopic (exact) mass is 400 g/mol. The van der Waals surface area contributed by atoms with E-state index in [0.717, 1.165) is 22.6 Å². The van der Waals surface area contributed by atoms with Crippen LogP contribution in [0.3, 0.4) is 0 Å². The van der Waals surface area contributed by atoms with Gasteiger partial charge in [0.05, 0.1) is 18.8 Å². The van der Waals surface area contributed by atoms with Crippen LogP contribution in [0.15, 0.2) is 58.1 Å². The summed E-state index contributed by atoms with van der Waals surface area (Å²) in [6, 6.07) is 14.1. The van der Waals surface area contributed by atoms with Gasteiger partial charge in [-0.1, -0.05) is 18.2 Å². The molecule has 0 radical (unpaired) electrons. The predicted octanol–water partition coefficient (Wildman–Crippen LogP) is 3.39. The van der Waals surface area contributed by atoms with E-state index < -0.39 is 6.10 Å². The second-order valence-electron chi connectivity index (χ2n) is 6.80. The van der Waals surface area contributed by atoms with Crippen molar-refractivity contribution in [3.05, 3.63) is 59.4 Å². The molecule has 3 rings (SSSR count). The zero-order chi connectivity index (χ0) is 19.9. The Morgan fingerprint density at radius 1 is 1.21 bits per heavy atom. The minimum absolute atomic E-state index is 0.0537. The lowest BCUT2D eigenvalue weighted by Crippen LogP contribution is -2.40. The molecule has 28 heavy (non-hydrogen) atoms. The molecule has 0 aliphatic carbocycles. The molecule has 2 unspecified atom stereocenters. The summed E-state index contributed by atoms with van der Waals surface area (Å²) in [5.41, 5.74) is 0. The summed E-state index contributed by atoms with van der Waals surface area (Å²) >= 11 is 1.62. The summed E-state index contributed by atoms with van der Waals surface area (Å²) in [7, 11) is 4.02. The average molecular weight is 401 g/mol. The summed E-state index contributed by atoms with van der Waals surface area (Å²) in [4.78, 5) is 7.72. The Balaban J connectivity index is 1.63. The topological polar surface area (TPSA) is 73.0 Å². The second kappa shape index (κ2) is 9.73. The van der Waals surface area contributed by atoms with Crippen LogP contribution in [0, 0.1) is 0 Å². The van der Waals surface area contributed by atoms with E-state index in [1.54, 1.807) is 17.6 Å². The van der Waals surface area contributed by atoms with Gasteiger partial charge >= 0.3 is 0 Å². The largest absolute Gasteiger partial charge is 0.468 e. The van der Waals surface area contributed by atoms with Gasteiger partial charge < -0.3 is 20.2 Å². The number of hydrogen-bond acceptors (Lipinski definition) is 5. The fourth-order valence-corrected chi connectivity index (χ4v) is 4.02. The molecule has 0 aliphatic heterocycles. The molecule has 1 aromatic carbocycles. The summed E-state index contributed by atoms with van der Waals surface area (Å²) in [6.07, 6.45) is 1.09. The predicted molar refractivity (Wildman–Crippen MR) is 116 cm³/mol. The Hall–Kier alpha value is -2.35. The quantitative estimate of drug-likeness (QED) is 0.399. The van der Waals surface area contributed by atoms with Gasteiger partial charge in [0, 0.05) is 22.7 Å². The van der Waals surface area contributed by atoms with Gasteiger partial charge in [0.1, 0.15) is 11.9 Å². The number of benzene rings is 1. The molecule has 2 aromatic heterocycles. The molecule has 0 spiro atoms. The molecule has 0 fully saturated rings. The van der Waals surface area contributed by atoms with E-state index in [-0.39, 0.29) is 6.04 Å². The Bertz CT molecular complexity index is 856. The van der Waals surface area contributed by atoms with Crippen molar-refractivity contribution in [3.8, 4) is 0 Å². The summed E-state index contributed by atoms with van der Waals surface area (Å²) < 4.78 is 6.73. The number of rotatable bonds is 8. The second-order valence-corrected chi connectivity index (χ2v) is 7.91. The average Bonchev–Trinajstić information content (AvgIpc) is 3.35. The number of nitrogens with one attached hydrogen (secondary N) is 2. The maximum Gasteiger partial charge on any atom is 0.191 e. The SMILES string of the molecule is CCNC(=NCC(c1ccco1)N(C)C)NCC(O)c1cc2ccccc2s1. The number of nitrogens with zero attached hydrogens (tertiary/aromatic N) is 2. The van der Waals surface area contributed by atoms with E-state index in [9.17, 15) is 5.11 Å². The first-order valence-corrected chi connectivity index (χ1v) is 10.3. The van der Waals surface area contributed by atoms with Crippen LogP contribution in [-0.4, -0.2) is 49.7 Å². The fourth-order valence-electron chi connectivity index (χ4n) is 2.97. The van der Waals surface area contributed by atoms with E-state index in [4.69, 9.17) is 4.42 Å². The van der Waals surface area contributed by atoms with Gasteiger partial charge in [-0.3, -0.25) is 9.89 Å². The Labute approximate surface area is 169 Å². The summed E-state index contributed by atoms with van der Waals surface area (Å²) in [6.45, 7) is 3.72. The van der Waals surface area contributed by atoms with Crippen molar-refractivity contribution in [3.63, 3.8) is 0 Å². The van der Waals surface area contributed by atoms with E-state index >= 15 is 0 Å². The number of aliphatic hydroxyl groups excluding tert-OH is 1. The van der Waals surface area contributed by atoms with Crippen molar-refractivity contribution in [2.24, 2.45) is 4.99 Å². The van der Waals surface area contributed by atoms with Gasteiger partial charge in [-0.15, -0.1) is 11.3 Å². The fraction of sp³-hybridized carbons (Fsp3) is 0.381. The standard InChI is InChI=1S/C21H28N4O2S/c1-4-22-21(23-13-16(25(2)3)18-9-7-11-27-18)24-14-17(26)20-12-15-8-5-6-10-19(15)28-20/h5-12,16-17,26H,4,13-14H2,1-3H3,(H2,22,23,24). The lowest BCUT2D eigenvalue weighted by atomic mass is 10.2. The number of guanidine groups is 1. The molecule has 0 saturated carbocycles. The van der Waals surface area contributed by atoms with E-state index in [0.29, 0.717) is 19.0 Å². The molecular weight excluding hydrogens is 372 g/mol. The number of aliphatic imine (C=N–C) groups is 1. The molecule has 2 heterocycles. The maximum absolute atomic E-state index is 10.6. The molecule has 6 nitrogen and oxygen atoms in total. The van der Waals surface area contributed by atoms with Crippen LogP contribution >= 0.6 is 11.3 Å². The van der Waals surface area contributed by atoms with Crippen LogP contribution < -0.4 is 10.6 Å². The first-order valence-electron chi connectivity index (χ1n) is 9.47. The molecule has 3 aromatic rings. The highest BCUT2D eigenvalue weighted by Gasteiger charge is 2.17.